The molecule has 2 heterocycles. The van der Waals surface area contributed by atoms with Gasteiger partial charge in [0.25, 0.3) is 5.91 Å². The summed E-state index contributed by atoms with van der Waals surface area (Å²) in [6.07, 6.45) is 4.58. The van der Waals surface area contributed by atoms with Gasteiger partial charge >= 0.3 is 6.03 Å². The summed E-state index contributed by atoms with van der Waals surface area (Å²) in [5.74, 6) is 0.103. The van der Waals surface area contributed by atoms with E-state index >= 15 is 0 Å². The fourth-order valence-corrected chi connectivity index (χ4v) is 5.78. The van der Waals surface area contributed by atoms with Gasteiger partial charge < -0.3 is 15.5 Å². The number of rotatable bonds is 10. The Morgan fingerprint density at radius 1 is 1.14 bits per heavy atom. The molecule has 0 radical (unpaired) electrons. The number of amides is 5. The Kier molecular flexibility index (Phi) is 9.10. The number of nitrogens with zero attached hydrogens (tertiary/aromatic N) is 1. The monoisotopic (exact) mass is 542 g/mol. The summed E-state index contributed by atoms with van der Waals surface area (Å²) in [6, 6.07) is 10.3. The lowest BCUT2D eigenvalue weighted by Gasteiger charge is -2.29. The molecule has 0 aromatic heterocycles. The van der Waals surface area contributed by atoms with Crippen LogP contribution >= 0.6 is 23.4 Å². The third-order valence-electron chi connectivity index (χ3n) is 6.58. The van der Waals surface area contributed by atoms with Crippen molar-refractivity contribution in [2.24, 2.45) is 0 Å². The van der Waals surface area contributed by atoms with E-state index in [-0.39, 0.29) is 24.3 Å². The number of hydrogen-bond donors (Lipinski definition) is 3. The molecule has 10 heteroatoms. The minimum atomic E-state index is -0.596. The Morgan fingerprint density at radius 2 is 1.95 bits per heavy atom. The predicted octanol–water partition coefficient (Wildman–Crippen LogP) is 4.88. The van der Waals surface area contributed by atoms with Gasteiger partial charge in [-0.2, -0.15) is 0 Å². The number of carbonyl (C=O) groups is 4. The number of aryl methyl sites for hydroxylation is 1. The second kappa shape index (κ2) is 12.5. The van der Waals surface area contributed by atoms with Crippen LogP contribution in [0.15, 0.2) is 41.3 Å². The van der Waals surface area contributed by atoms with Gasteiger partial charge in [0.05, 0.1) is 0 Å². The first-order valence-electron chi connectivity index (χ1n) is 12.5. The van der Waals surface area contributed by atoms with Gasteiger partial charge in [-0.25, -0.2) is 4.79 Å². The van der Waals surface area contributed by atoms with Crippen molar-refractivity contribution in [2.75, 3.05) is 17.6 Å². The maximum absolute atomic E-state index is 12.9. The van der Waals surface area contributed by atoms with E-state index in [0.29, 0.717) is 35.8 Å². The van der Waals surface area contributed by atoms with Gasteiger partial charge in [-0.05, 0) is 67.3 Å². The normalized spacial score (nSPS) is 17.0. The van der Waals surface area contributed by atoms with Gasteiger partial charge in [0.2, 0.25) is 11.8 Å². The molecule has 5 amide bonds. The van der Waals surface area contributed by atoms with Crippen molar-refractivity contribution in [3.63, 3.8) is 0 Å². The Balaban J connectivity index is 1.15. The zero-order valence-electron chi connectivity index (χ0n) is 20.8. The van der Waals surface area contributed by atoms with Crippen LogP contribution in [0, 0.1) is 6.92 Å². The standard InChI is InChI=1S/C27H31ClN4O4S/c1-17-9-10-18(15-21(17)28)30-27(36)29-13-4-2-3-5-14-37-23-8-6-7-19-20(23)16-32(26(19)35)22-11-12-24(33)31-25(22)34/h6-10,15,22H,2-5,11-14,16H2,1H3,(H2,29,30,36)(H,31,33,34). The number of anilines is 1. The number of nitrogens with one attached hydrogen (secondary N) is 3. The molecule has 3 N–H and O–H groups in total. The van der Waals surface area contributed by atoms with Crippen molar-refractivity contribution >= 4 is 52.8 Å². The molecule has 2 aliphatic heterocycles. The Bertz CT molecular complexity index is 1200. The fraction of sp³-hybridized carbons (Fsp3) is 0.407. The molecule has 0 aliphatic carbocycles. The Morgan fingerprint density at radius 3 is 2.73 bits per heavy atom. The number of urea groups is 1. The van der Waals surface area contributed by atoms with Gasteiger partial charge in [0.15, 0.2) is 0 Å². The highest BCUT2D eigenvalue weighted by Gasteiger charge is 2.39. The molecular weight excluding hydrogens is 512 g/mol. The van der Waals surface area contributed by atoms with Gasteiger partial charge in [-0.3, -0.25) is 19.7 Å². The largest absolute Gasteiger partial charge is 0.338 e. The fourth-order valence-electron chi connectivity index (χ4n) is 4.50. The molecule has 37 heavy (non-hydrogen) atoms. The minimum Gasteiger partial charge on any atom is -0.338 e. The number of hydrogen-bond acceptors (Lipinski definition) is 5. The average molecular weight is 543 g/mol. The lowest BCUT2D eigenvalue weighted by Crippen LogP contribution is -2.52. The number of benzene rings is 2. The first kappa shape index (κ1) is 27.0. The maximum Gasteiger partial charge on any atom is 0.319 e. The summed E-state index contributed by atoms with van der Waals surface area (Å²) in [7, 11) is 0. The summed E-state index contributed by atoms with van der Waals surface area (Å²) in [6.45, 7) is 2.91. The molecule has 8 nitrogen and oxygen atoms in total. The molecule has 2 aromatic carbocycles. The molecule has 1 unspecified atom stereocenters. The zero-order valence-corrected chi connectivity index (χ0v) is 22.3. The van der Waals surface area contributed by atoms with Gasteiger partial charge in [-0.1, -0.05) is 36.6 Å². The number of piperidine rings is 1. The number of unbranched alkanes of at least 4 members (excludes halogenated alkanes) is 3. The van der Waals surface area contributed by atoms with Crippen LogP contribution < -0.4 is 16.0 Å². The summed E-state index contributed by atoms with van der Waals surface area (Å²) >= 11 is 7.82. The van der Waals surface area contributed by atoms with Crippen molar-refractivity contribution < 1.29 is 19.2 Å². The maximum atomic E-state index is 12.9. The number of halogens is 1. The molecule has 0 saturated carbocycles. The van der Waals surface area contributed by atoms with Crippen molar-refractivity contribution in [2.45, 2.75) is 62.9 Å². The highest BCUT2D eigenvalue weighted by molar-refractivity contribution is 7.99. The van der Waals surface area contributed by atoms with E-state index in [1.54, 1.807) is 22.7 Å². The van der Waals surface area contributed by atoms with Crippen LogP contribution in [0.4, 0.5) is 10.5 Å². The topological polar surface area (TPSA) is 108 Å². The van der Waals surface area contributed by atoms with Crippen LogP contribution in [0.3, 0.4) is 0 Å². The molecule has 4 rings (SSSR count). The minimum absolute atomic E-state index is 0.144. The third-order valence-corrected chi connectivity index (χ3v) is 8.18. The molecule has 0 bridgehead atoms. The molecule has 1 saturated heterocycles. The van der Waals surface area contributed by atoms with Crippen LogP contribution in [-0.2, 0) is 16.1 Å². The molecule has 2 aromatic rings. The van der Waals surface area contributed by atoms with Crippen LogP contribution in [0.5, 0.6) is 0 Å². The first-order chi connectivity index (χ1) is 17.8. The van der Waals surface area contributed by atoms with E-state index in [9.17, 15) is 19.2 Å². The predicted molar refractivity (Wildman–Crippen MR) is 145 cm³/mol. The molecule has 196 valence electrons. The summed E-state index contributed by atoms with van der Waals surface area (Å²) in [4.78, 5) is 51.4. The van der Waals surface area contributed by atoms with E-state index in [2.05, 4.69) is 16.0 Å². The quantitative estimate of drug-likeness (QED) is 0.225. The van der Waals surface area contributed by atoms with Crippen molar-refractivity contribution in [1.29, 1.82) is 0 Å². The highest BCUT2D eigenvalue weighted by Crippen LogP contribution is 2.34. The van der Waals surface area contributed by atoms with E-state index in [1.807, 2.05) is 37.3 Å². The van der Waals surface area contributed by atoms with Crippen molar-refractivity contribution in [1.82, 2.24) is 15.5 Å². The van der Waals surface area contributed by atoms with Crippen molar-refractivity contribution in [3.8, 4) is 0 Å². The number of imide groups is 1. The van der Waals surface area contributed by atoms with Gasteiger partial charge in [0.1, 0.15) is 6.04 Å². The van der Waals surface area contributed by atoms with Crippen LogP contribution in [0.25, 0.3) is 0 Å². The summed E-state index contributed by atoms with van der Waals surface area (Å²) in [5.41, 5.74) is 3.24. The van der Waals surface area contributed by atoms with Crippen LogP contribution in [0.2, 0.25) is 5.02 Å². The van der Waals surface area contributed by atoms with Gasteiger partial charge in [0, 0.05) is 40.7 Å². The molecule has 2 aliphatic rings. The molecule has 0 spiro atoms. The SMILES string of the molecule is Cc1ccc(NC(=O)NCCCCCCSc2cccc3c2CN(C2CCC(=O)NC2=O)C3=O)cc1Cl. The number of fused-ring (bicyclic) bond motifs is 1. The lowest BCUT2D eigenvalue weighted by molar-refractivity contribution is -0.136. The zero-order chi connectivity index (χ0) is 26.4. The number of carbonyl (C=O) groups excluding carboxylic acids is 4. The summed E-state index contributed by atoms with van der Waals surface area (Å²) < 4.78 is 0. The molecule has 1 atom stereocenters. The van der Waals surface area contributed by atoms with Gasteiger partial charge in [-0.15, -0.1) is 11.8 Å². The third kappa shape index (κ3) is 6.84. The van der Waals surface area contributed by atoms with Crippen molar-refractivity contribution in [3.05, 3.63) is 58.1 Å². The molecular formula is C27H31ClN4O4S. The van der Waals surface area contributed by atoms with Crippen LogP contribution in [0.1, 0.15) is 60.0 Å². The lowest BCUT2D eigenvalue weighted by atomic mass is 10.0. The second-order valence-corrected chi connectivity index (χ2v) is 10.8. The average Bonchev–Trinajstić information content (AvgIpc) is 3.20. The van der Waals surface area contributed by atoms with E-state index in [0.717, 1.165) is 47.5 Å². The highest BCUT2D eigenvalue weighted by atomic mass is 35.5. The number of thioether (sulfide) groups is 1. The Labute approximate surface area is 225 Å². The summed E-state index contributed by atoms with van der Waals surface area (Å²) in [5, 5.41) is 8.62. The first-order valence-corrected chi connectivity index (χ1v) is 13.9. The smallest absolute Gasteiger partial charge is 0.319 e. The van der Waals surface area contributed by atoms with E-state index in [1.165, 1.54) is 0 Å². The molecule has 1 fully saturated rings. The van der Waals surface area contributed by atoms with E-state index < -0.39 is 11.9 Å². The second-order valence-electron chi connectivity index (χ2n) is 9.29. The van der Waals surface area contributed by atoms with E-state index in [4.69, 9.17) is 11.6 Å². The van der Waals surface area contributed by atoms with Crippen LogP contribution in [-0.4, -0.2) is 47.0 Å². The Hall–Kier alpha value is -3.04.